The predicted octanol–water partition coefficient (Wildman–Crippen LogP) is 4.30. The second-order valence-corrected chi connectivity index (χ2v) is 10.4. The minimum Gasteiger partial charge on any atom is -0.496 e. The van der Waals surface area contributed by atoms with Crippen LogP contribution in [0.25, 0.3) is 0 Å². The average molecular weight is 501 g/mol. The zero-order valence-electron chi connectivity index (χ0n) is 15.7. The van der Waals surface area contributed by atoms with Crippen LogP contribution in [0.3, 0.4) is 0 Å². The van der Waals surface area contributed by atoms with Crippen molar-refractivity contribution in [3.63, 3.8) is 0 Å². The Bertz CT molecular complexity index is 1080. The number of nitrogens with zero attached hydrogens (tertiary/aromatic N) is 1. The fourth-order valence-corrected chi connectivity index (χ4v) is 6.22. The van der Waals surface area contributed by atoms with Gasteiger partial charge in [0.1, 0.15) is 17.1 Å². The highest BCUT2D eigenvalue weighted by Crippen LogP contribution is 2.43. The molecule has 1 fully saturated rings. The molecule has 2 aromatic carbocycles. The highest BCUT2D eigenvalue weighted by molar-refractivity contribution is 9.10. The lowest BCUT2D eigenvalue weighted by Gasteiger charge is -2.43. The normalized spacial score (nSPS) is 18.9. The van der Waals surface area contributed by atoms with Gasteiger partial charge < -0.3 is 9.47 Å². The lowest BCUT2D eigenvalue weighted by molar-refractivity contribution is 0.00598. The Kier molecular flexibility index (Phi) is 5.40. The van der Waals surface area contributed by atoms with Crippen molar-refractivity contribution in [1.29, 1.82) is 0 Å². The van der Waals surface area contributed by atoms with Crippen LogP contribution in [-0.4, -0.2) is 44.3 Å². The van der Waals surface area contributed by atoms with E-state index in [1.165, 1.54) is 23.5 Å². The molecule has 2 aromatic rings. The molecule has 9 heteroatoms. The predicted molar refractivity (Wildman–Crippen MR) is 112 cm³/mol. The van der Waals surface area contributed by atoms with E-state index in [2.05, 4.69) is 15.9 Å². The summed E-state index contributed by atoms with van der Waals surface area (Å²) in [6.07, 6.45) is 1.06. The molecule has 0 aromatic heterocycles. The second kappa shape index (κ2) is 7.58. The number of benzene rings is 2. The summed E-state index contributed by atoms with van der Waals surface area (Å²) in [6, 6.07) is 9.80. The van der Waals surface area contributed by atoms with Crippen LogP contribution in [-0.2, 0) is 10.0 Å². The Labute approximate surface area is 182 Å². The molecule has 6 nitrogen and oxygen atoms in total. The molecule has 2 heterocycles. The van der Waals surface area contributed by atoms with E-state index >= 15 is 0 Å². The maximum Gasteiger partial charge on any atom is 0.243 e. The second-order valence-electron chi connectivity index (χ2n) is 7.20. The van der Waals surface area contributed by atoms with Crippen molar-refractivity contribution < 1.29 is 22.7 Å². The van der Waals surface area contributed by atoms with E-state index in [0.29, 0.717) is 39.4 Å². The molecule has 1 saturated heterocycles. The van der Waals surface area contributed by atoms with Gasteiger partial charge in [-0.05, 0) is 46.3 Å². The first kappa shape index (κ1) is 20.7. The number of hydrogen-bond donors (Lipinski definition) is 0. The fourth-order valence-electron chi connectivity index (χ4n) is 3.84. The summed E-state index contributed by atoms with van der Waals surface area (Å²) >= 11 is 9.56. The number of rotatable bonds is 3. The summed E-state index contributed by atoms with van der Waals surface area (Å²) in [6.45, 7) is 0.526. The maximum absolute atomic E-state index is 13.1. The number of Topliss-reactive ketones (excluding diaryl/α,β-unsaturated/α-hetero) is 1. The van der Waals surface area contributed by atoms with Gasteiger partial charge in [0.2, 0.25) is 10.0 Å². The van der Waals surface area contributed by atoms with Gasteiger partial charge in [-0.1, -0.05) is 17.7 Å². The van der Waals surface area contributed by atoms with E-state index in [1.54, 1.807) is 24.3 Å². The highest BCUT2D eigenvalue weighted by Gasteiger charge is 2.45. The summed E-state index contributed by atoms with van der Waals surface area (Å²) in [5.41, 5.74) is -0.233. The molecule has 0 amide bonds. The minimum absolute atomic E-state index is 0.0239. The van der Waals surface area contributed by atoms with Gasteiger partial charge in [0.25, 0.3) is 0 Å². The van der Waals surface area contributed by atoms with E-state index in [0.717, 1.165) is 0 Å². The quantitative estimate of drug-likeness (QED) is 0.628. The average Bonchev–Trinajstić information content (AvgIpc) is 2.69. The minimum atomic E-state index is -3.67. The van der Waals surface area contributed by atoms with E-state index in [9.17, 15) is 13.2 Å². The van der Waals surface area contributed by atoms with Gasteiger partial charge in [-0.25, -0.2) is 8.42 Å². The zero-order chi connectivity index (χ0) is 20.8. The Hall–Kier alpha value is -1.61. The van der Waals surface area contributed by atoms with Gasteiger partial charge in [0, 0.05) is 25.9 Å². The van der Waals surface area contributed by atoms with Crippen LogP contribution in [0.5, 0.6) is 11.5 Å². The molecule has 0 radical (unpaired) electrons. The molecule has 154 valence electrons. The number of fused-ring (bicyclic) bond motifs is 1. The topological polar surface area (TPSA) is 72.9 Å². The third kappa shape index (κ3) is 3.67. The number of sulfonamides is 1. The van der Waals surface area contributed by atoms with E-state index in [4.69, 9.17) is 21.1 Å². The molecule has 0 aliphatic carbocycles. The third-order valence-electron chi connectivity index (χ3n) is 5.46. The number of ketones is 1. The molecule has 0 saturated carbocycles. The molecule has 0 bridgehead atoms. The van der Waals surface area contributed by atoms with E-state index in [1.807, 2.05) is 0 Å². The number of carbonyl (C=O) groups excluding carboxylic acids is 1. The molecule has 2 aliphatic rings. The van der Waals surface area contributed by atoms with Crippen molar-refractivity contribution in [2.45, 2.75) is 29.8 Å². The van der Waals surface area contributed by atoms with Crippen LogP contribution >= 0.6 is 27.5 Å². The van der Waals surface area contributed by atoms with Crippen LogP contribution in [0.15, 0.2) is 45.8 Å². The molecule has 1 spiro atoms. The van der Waals surface area contributed by atoms with Crippen molar-refractivity contribution >= 4 is 43.3 Å². The standard InChI is InChI=1S/C20H19BrClNO5S/c1-27-18-6-5-13(11-15(18)21)29(25,26)23-9-7-20(8-10-23)12-17(24)14-3-2-4-16(22)19(14)28-20/h2-6,11H,7-10,12H2,1H3. The van der Waals surface area contributed by atoms with Crippen LogP contribution in [0.1, 0.15) is 29.6 Å². The number of methoxy groups -OCH3 is 1. The highest BCUT2D eigenvalue weighted by atomic mass is 79.9. The van der Waals surface area contributed by atoms with Gasteiger partial charge in [0.15, 0.2) is 5.78 Å². The van der Waals surface area contributed by atoms with Crippen molar-refractivity contribution in [2.75, 3.05) is 20.2 Å². The van der Waals surface area contributed by atoms with Crippen molar-refractivity contribution in [3.8, 4) is 11.5 Å². The number of para-hydroxylation sites is 1. The smallest absolute Gasteiger partial charge is 0.243 e. The molecule has 0 unspecified atom stereocenters. The monoisotopic (exact) mass is 499 g/mol. The molecule has 4 rings (SSSR count). The number of ether oxygens (including phenoxy) is 2. The Balaban J connectivity index is 1.54. The third-order valence-corrected chi connectivity index (χ3v) is 8.28. The fraction of sp³-hybridized carbons (Fsp3) is 0.350. The Morgan fingerprint density at radius 2 is 1.93 bits per heavy atom. The molecular weight excluding hydrogens is 482 g/mol. The Morgan fingerprint density at radius 1 is 1.21 bits per heavy atom. The zero-order valence-corrected chi connectivity index (χ0v) is 18.8. The van der Waals surface area contributed by atoms with Gasteiger partial charge >= 0.3 is 0 Å². The lowest BCUT2D eigenvalue weighted by Crippen LogP contribution is -2.52. The molecule has 0 atom stereocenters. The first-order chi connectivity index (χ1) is 13.8. The van der Waals surface area contributed by atoms with Crippen molar-refractivity contribution in [3.05, 3.63) is 51.5 Å². The summed E-state index contributed by atoms with van der Waals surface area (Å²) in [4.78, 5) is 12.8. The SMILES string of the molecule is COc1ccc(S(=O)(=O)N2CCC3(CC2)CC(=O)c2cccc(Cl)c2O3)cc1Br. The van der Waals surface area contributed by atoms with E-state index in [-0.39, 0.29) is 30.2 Å². The maximum atomic E-state index is 13.1. The van der Waals surface area contributed by atoms with Crippen LogP contribution < -0.4 is 9.47 Å². The van der Waals surface area contributed by atoms with Gasteiger partial charge in [-0.15, -0.1) is 0 Å². The first-order valence-corrected chi connectivity index (χ1v) is 11.7. The summed E-state index contributed by atoms with van der Waals surface area (Å²) < 4.78 is 39.5. The van der Waals surface area contributed by atoms with Crippen LogP contribution in [0.4, 0.5) is 0 Å². The van der Waals surface area contributed by atoms with Crippen LogP contribution in [0.2, 0.25) is 5.02 Å². The molecule has 29 heavy (non-hydrogen) atoms. The first-order valence-electron chi connectivity index (χ1n) is 9.10. The van der Waals surface area contributed by atoms with Crippen molar-refractivity contribution in [2.24, 2.45) is 0 Å². The number of halogens is 2. The Morgan fingerprint density at radius 3 is 2.59 bits per heavy atom. The molecule has 0 N–H and O–H groups in total. The van der Waals surface area contributed by atoms with Crippen molar-refractivity contribution in [1.82, 2.24) is 4.31 Å². The molecular formula is C20H19BrClNO5S. The number of hydrogen-bond acceptors (Lipinski definition) is 5. The lowest BCUT2D eigenvalue weighted by atomic mass is 9.83. The summed E-state index contributed by atoms with van der Waals surface area (Å²) in [5.74, 6) is 0.941. The van der Waals surface area contributed by atoms with E-state index < -0.39 is 15.6 Å². The molecule has 2 aliphatic heterocycles. The van der Waals surface area contributed by atoms with Gasteiger partial charge in [0.05, 0.1) is 33.5 Å². The summed E-state index contributed by atoms with van der Waals surface area (Å²) in [5, 5.41) is 0.396. The van der Waals surface area contributed by atoms with Crippen LogP contribution in [0, 0.1) is 0 Å². The van der Waals surface area contributed by atoms with Gasteiger partial charge in [-0.2, -0.15) is 4.31 Å². The number of carbonyl (C=O) groups is 1. The van der Waals surface area contributed by atoms with Gasteiger partial charge in [-0.3, -0.25) is 4.79 Å². The summed E-state index contributed by atoms with van der Waals surface area (Å²) in [7, 11) is -2.14. The largest absolute Gasteiger partial charge is 0.496 e. The number of piperidine rings is 1.